The number of nitrogens with one attached hydrogen (secondary N) is 2. The summed E-state index contributed by atoms with van der Waals surface area (Å²) in [5.74, 6) is -0.0951. The highest BCUT2D eigenvalue weighted by atomic mass is 16.3. The van der Waals surface area contributed by atoms with E-state index in [0.29, 0.717) is 64.9 Å². The largest absolute Gasteiger partial charge is 0.392 e. The topological polar surface area (TPSA) is 183 Å². The molecule has 352 valence electrons. The van der Waals surface area contributed by atoms with E-state index in [1.54, 1.807) is 30.4 Å². The predicted molar refractivity (Wildman–Crippen MR) is 264 cm³/mol. The number of aliphatic hydroxyl groups excluding tert-OH is 1. The maximum atomic E-state index is 14.1. The third-order valence-corrected chi connectivity index (χ3v) is 14.2. The number of piperazine rings is 1. The number of amides is 2. The summed E-state index contributed by atoms with van der Waals surface area (Å²) in [5.41, 5.74) is 14.1. The molecule has 16 nitrogen and oxygen atoms in total. The number of aryl methyl sites for hydroxylation is 1. The van der Waals surface area contributed by atoms with E-state index in [1.165, 1.54) is 21.9 Å². The molecule has 7 heterocycles. The Morgan fingerprint density at radius 1 is 1.00 bits per heavy atom. The second-order valence-electron chi connectivity index (χ2n) is 20.3. The summed E-state index contributed by atoms with van der Waals surface area (Å²) in [6.45, 7) is 20.7. The number of hydrogen-bond acceptors (Lipinski definition) is 12. The van der Waals surface area contributed by atoms with Crippen LogP contribution in [0.5, 0.6) is 0 Å². The number of nitrogens with zero attached hydrogens (tertiary/aromatic N) is 9. The molecule has 5 aromatic rings. The van der Waals surface area contributed by atoms with Crippen LogP contribution < -0.4 is 36.6 Å². The summed E-state index contributed by atoms with van der Waals surface area (Å²) in [6, 6.07) is 14.5. The molecule has 2 fully saturated rings. The minimum absolute atomic E-state index is 0.0513. The molecule has 16 heteroatoms. The lowest BCUT2D eigenvalue weighted by molar-refractivity contribution is -0.111. The quantitative estimate of drug-likeness (QED) is 0.115. The zero-order valence-electron chi connectivity index (χ0n) is 39.8. The summed E-state index contributed by atoms with van der Waals surface area (Å²) in [4.78, 5) is 63.7. The van der Waals surface area contributed by atoms with Crippen molar-refractivity contribution in [1.82, 2.24) is 29.0 Å². The van der Waals surface area contributed by atoms with Crippen molar-refractivity contribution < 1.29 is 14.7 Å². The van der Waals surface area contributed by atoms with Crippen LogP contribution in [-0.4, -0.2) is 96.8 Å². The van der Waals surface area contributed by atoms with E-state index >= 15 is 0 Å². The Balaban J connectivity index is 0.919. The molecule has 0 bridgehead atoms. The van der Waals surface area contributed by atoms with Gasteiger partial charge in [0.05, 0.1) is 46.8 Å². The van der Waals surface area contributed by atoms with Crippen molar-refractivity contribution in [3.8, 4) is 11.3 Å². The number of nitrogens with two attached hydrogens (primary N) is 1. The number of anilines is 6. The molecular formula is C51H64N12O4. The van der Waals surface area contributed by atoms with Gasteiger partial charge in [0.1, 0.15) is 11.5 Å². The van der Waals surface area contributed by atoms with Crippen LogP contribution in [-0.2, 0) is 43.4 Å². The molecule has 1 aromatic carbocycles. The molecule has 0 spiro atoms. The highest BCUT2D eigenvalue weighted by Crippen LogP contribution is 2.41. The van der Waals surface area contributed by atoms with Gasteiger partial charge in [-0.3, -0.25) is 29.2 Å². The third-order valence-electron chi connectivity index (χ3n) is 14.2. The Morgan fingerprint density at radius 2 is 1.81 bits per heavy atom. The van der Waals surface area contributed by atoms with Gasteiger partial charge in [-0.1, -0.05) is 20.4 Å². The van der Waals surface area contributed by atoms with Crippen molar-refractivity contribution in [2.75, 3.05) is 58.1 Å². The molecule has 0 radical (unpaired) electrons. The molecule has 9 rings (SSSR count). The Labute approximate surface area is 392 Å². The third kappa shape index (κ3) is 8.85. The molecule has 1 unspecified atom stereocenters. The minimum Gasteiger partial charge on any atom is -0.392 e. The van der Waals surface area contributed by atoms with Crippen LogP contribution >= 0.6 is 0 Å². The van der Waals surface area contributed by atoms with Crippen LogP contribution in [0.1, 0.15) is 87.4 Å². The fourth-order valence-corrected chi connectivity index (χ4v) is 10.8. The Morgan fingerprint density at radius 3 is 2.51 bits per heavy atom. The number of rotatable bonds is 11. The van der Waals surface area contributed by atoms with Gasteiger partial charge in [-0.25, -0.2) is 9.97 Å². The number of carbonyl (C=O) groups is 2. The molecule has 2 saturated heterocycles. The maximum absolute atomic E-state index is 14.1. The second kappa shape index (κ2) is 17.7. The SMILES string of the molecule is C=CC(=O)Nc1cc(Nc2nc(-c3ccnc(N4CCn5c(cc6c5CC(C)(C)C6)C4=O)c3CO)cn(C)c2=O)ccc1N1CCN(C2CCN(c3ccc(C(C)(C)N)nc3)[C@H](C)C2)C[C@@H]1C. The number of carbonyl (C=O) groups excluding carboxylic acids is 2. The van der Waals surface area contributed by atoms with E-state index in [1.807, 2.05) is 50.4 Å². The van der Waals surface area contributed by atoms with Crippen molar-refractivity contribution in [2.45, 2.75) is 104 Å². The Kier molecular flexibility index (Phi) is 12.1. The first-order chi connectivity index (χ1) is 31.9. The fraction of sp³-hybridized carbons (Fsp3) is 0.451. The van der Waals surface area contributed by atoms with E-state index in [0.717, 1.165) is 68.9 Å². The number of aromatic nitrogens is 5. The smallest absolute Gasteiger partial charge is 0.293 e. The lowest BCUT2D eigenvalue weighted by Gasteiger charge is -2.48. The molecular weight excluding hydrogens is 845 g/mol. The molecule has 3 atom stereocenters. The van der Waals surface area contributed by atoms with Gasteiger partial charge in [-0.2, -0.15) is 0 Å². The molecule has 67 heavy (non-hydrogen) atoms. The first kappa shape index (κ1) is 45.8. The molecule has 1 aliphatic carbocycles. The summed E-state index contributed by atoms with van der Waals surface area (Å²) < 4.78 is 3.58. The van der Waals surface area contributed by atoms with Gasteiger partial charge in [-0.05, 0) is 113 Å². The summed E-state index contributed by atoms with van der Waals surface area (Å²) in [7, 11) is 1.64. The minimum atomic E-state index is -0.483. The van der Waals surface area contributed by atoms with Gasteiger partial charge < -0.3 is 40.4 Å². The summed E-state index contributed by atoms with van der Waals surface area (Å²) in [5, 5.41) is 17.1. The zero-order valence-corrected chi connectivity index (χ0v) is 39.8. The number of benzene rings is 1. The monoisotopic (exact) mass is 909 g/mol. The average Bonchev–Trinajstić information content (AvgIpc) is 3.79. The van der Waals surface area contributed by atoms with E-state index in [9.17, 15) is 19.5 Å². The van der Waals surface area contributed by atoms with E-state index in [2.05, 4.69) is 80.2 Å². The lowest BCUT2D eigenvalue weighted by atomic mass is 9.90. The van der Waals surface area contributed by atoms with E-state index < -0.39 is 12.1 Å². The van der Waals surface area contributed by atoms with Crippen LogP contribution in [0.2, 0.25) is 0 Å². The van der Waals surface area contributed by atoms with Gasteiger partial charge in [0.15, 0.2) is 5.82 Å². The molecule has 3 aliphatic heterocycles. The van der Waals surface area contributed by atoms with Crippen molar-refractivity contribution in [1.29, 1.82) is 0 Å². The van der Waals surface area contributed by atoms with Gasteiger partial charge in [0, 0.05) is 99.3 Å². The highest BCUT2D eigenvalue weighted by molar-refractivity contribution is 6.06. The zero-order chi connectivity index (χ0) is 47.5. The van der Waals surface area contributed by atoms with Gasteiger partial charge >= 0.3 is 0 Å². The van der Waals surface area contributed by atoms with Crippen LogP contribution in [0.15, 0.2) is 78.5 Å². The van der Waals surface area contributed by atoms with Crippen LogP contribution in [0, 0.1) is 5.41 Å². The lowest BCUT2D eigenvalue weighted by Crippen LogP contribution is -2.58. The van der Waals surface area contributed by atoms with E-state index in [-0.39, 0.29) is 34.6 Å². The van der Waals surface area contributed by atoms with Gasteiger partial charge in [-0.15, -0.1) is 0 Å². The van der Waals surface area contributed by atoms with Crippen LogP contribution in [0.25, 0.3) is 11.3 Å². The fourth-order valence-electron chi connectivity index (χ4n) is 10.8. The van der Waals surface area contributed by atoms with E-state index in [4.69, 9.17) is 10.7 Å². The van der Waals surface area contributed by atoms with Gasteiger partial charge in [0.2, 0.25) is 5.91 Å². The first-order valence-electron chi connectivity index (χ1n) is 23.5. The van der Waals surface area contributed by atoms with Crippen LogP contribution in [0.3, 0.4) is 0 Å². The van der Waals surface area contributed by atoms with Crippen LogP contribution in [0.4, 0.5) is 34.4 Å². The van der Waals surface area contributed by atoms with Gasteiger partial charge in [0.25, 0.3) is 11.5 Å². The van der Waals surface area contributed by atoms with Crippen molar-refractivity contribution in [3.05, 3.63) is 112 Å². The number of piperidine rings is 1. The predicted octanol–water partition coefficient (Wildman–Crippen LogP) is 5.95. The maximum Gasteiger partial charge on any atom is 0.293 e. The molecule has 0 saturated carbocycles. The number of hydrogen-bond donors (Lipinski definition) is 4. The highest BCUT2D eigenvalue weighted by Gasteiger charge is 2.38. The average molecular weight is 909 g/mol. The standard InChI is InChI=1S/C51H64N12O4/c1-9-45(65)56-39-24-34(10-12-41(39)61-19-18-59(28-32(61)3)35-15-17-60(31(2)22-35)36-11-13-44(54-27-36)51(6,7)52)55-46-49(67)58(8)29-40(57-46)37-14-16-53-47(38(37)30-64)63-21-20-62-42(48(63)66)23-33-25-50(4,5)26-43(33)62/h9-14,16,23-24,27,29,31-32,35,64H,1,15,17-22,25-26,28,30,52H2,2-8H3,(H,55,57)(H,56,65)/t31-,32+,35?/m1/s1. The molecule has 4 aliphatic rings. The summed E-state index contributed by atoms with van der Waals surface area (Å²) in [6.07, 6.45) is 10.4. The Bertz CT molecular complexity index is 2790. The summed E-state index contributed by atoms with van der Waals surface area (Å²) >= 11 is 0. The first-order valence-corrected chi connectivity index (χ1v) is 23.5. The second-order valence-corrected chi connectivity index (χ2v) is 20.3. The van der Waals surface area contributed by atoms with Crippen molar-refractivity contribution in [3.63, 3.8) is 0 Å². The number of aliphatic hydroxyl groups is 1. The Hall–Kier alpha value is -6.36. The number of pyridine rings is 2. The number of fused-ring (bicyclic) bond motifs is 3. The molecule has 4 aromatic heterocycles. The van der Waals surface area contributed by atoms with Crippen molar-refractivity contribution in [2.24, 2.45) is 18.2 Å². The van der Waals surface area contributed by atoms with Crippen molar-refractivity contribution >= 4 is 46.2 Å². The normalized spacial score (nSPS) is 20.7. The molecule has 2 amide bonds. The molecule has 5 N–H and O–H groups in total.